The molecule has 152 valence electrons. The number of amides is 1. The molecule has 5 nitrogen and oxygen atoms in total. The van der Waals surface area contributed by atoms with E-state index in [1.54, 1.807) is 18.3 Å². The van der Waals surface area contributed by atoms with Crippen molar-refractivity contribution in [1.29, 1.82) is 0 Å². The summed E-state index contributed by atoms with van der Waals surface area (Å²) in [5.74, 6) is 0.171. The van der Waals surface area contributed by atoms with Gasteiger partial charge in [0.2, 0.25) is 0 Å². The van der Waals surface area contributed by atoms with Gasteiger partial charge in [0.15, 0.2) is 0 Å². The third-order valence-electron chi connectivity index (χ3n) is 5.38. The smallest absolute Gasteiger partial charge is 0.275 e. The molecule has 1 amide bonds. The summed E-state index contributed by atoms with van der Waals surface area (Å²) in [5, 5.41) is 4.18. The van der Waals surface area contributed by atoms with Crippen molar-refractivity contribution in [2.45, 2.75) is 33.2 Å². The van der Waals surface area contributed by atoms with Gasteiger partial charge in [-0.3, -0.25) is 4.79 Å². The highest BCUT2D eigenvalue weighted by molar-refractivity contribution is 9.10. The van der Waals surface area contributed by atoms with Crippen molar-refractivity contribution in [3.63, 3.8) is 0 Å². The van der Waals surface area contributed by atoms with Crippen LogP contribution in [0.4, 0.5) is 5.69 Å². The molecule has 1 N–H and O–H groups in total. The number of rotatable bonds is 4. The zero-order valence-electron chi connectivity index (χ0n) is 17.6. The fraction of sp³-hybridized carbons (Fsp3) is 0.304. The fourth-order valence-corrected chi connectivity index (χ4v) is 3.90. The number of methoxy groups -OCH3 is 1. The second-order valence-electron chi connectivity index (χ2n) is 7.81. The van der Waals surface area contributed by atoms with Crippen LogP contribution in [0.25, 0.3) is 5.57 Å². The Balaban J connectivity index is 1.85. The minimum absolute atomic E-state index is 0.0316. The van der Waals surface area contributed by atoms with Crippen LogP contribution in [-0.4, -0.2) is 31.8 Å². The maximum Gasteiger partial charge on any atom is 0.275 e. The van der Waals surface area contributed by atoms with Crippen LogP contribution in [0.2, 0.25) is 0 Å². The van der Waals surface area contributed by atoms with Crippen LogP contribution in [0.1, 0.15) is 47.8 Å². The number of nitrogens with one attached hydrogen (secondary N) is 1. The first-order valence-corrected chi connectivity index (χ1v) is 10.2. The monoisotopic (exact) mass is 455 g/mol. The fourth-order valence-electron chi connectivity index (χ4n) is 3.54. The van der Waals surface area contributed by atoms with E-state index in [2.05, 4.69) is 84.3 Å². The van der Waals surface area contributed by atoms with Gasteiger partial charge in [0.25, 0.3) is 5.91 Å². The lowest BCUT2D eigenvalue weighted by Gasteiger charge is -2.41. The molecule has 0 radical (unpaired) electrons. The first kappa shape index (κ1) is 21.1. The number of ether oxygens (including phenoxy) is 1. The Morgan fingerprint density at radius 1 is 1.24 bits per heavy atom. The van der Waals surface area contributed by atoms with Crippen molar-refractivity contribution in [1.82, 2.24) is 5.43 Å². The van der Waals surface area contributed by atoms with Gasteiger partial charge in [0.1, 0.15) is 5.75 Å². The molecule has 0 saturated carbocycles. The van der Waals surface area contributed by atoms with Crippen molar-refractivity contribution >= 4 is 39.3 Å². The van der Waals surface area contributed by atoms with Gasteiger partial charge in [0.05, 0.1) is 24.4 Å². The number of aryl methyl sites for hydroxylation is 1. The first-order valence-electron chi connectivity index (χ1n) is 9.39. The van der Waals surface area contributed by atoms with Crippen molar-refractivity contribution < 1.29 is 9.53 Å². The minimum Gasteiger partial charge on any atom is -0.496 e. The molecule has 0 saturated heterocycles. The minimum atomic E-state index is -0.326. The van der Waals surface area contributed by atoms with Crippen molar-refractivity contribution in [2.24, 2.45) is 5.10 Å². The van der Waals surface area contributed by atoms with Crippen molar-refractivity contribution in [2.75, 3.05) is 19.1 Å². The maximum absolute atomic E-state index is 12.5. The Bertz CT molecular complexity index is 1030. The van der Waals surface area contributed by atoms with E-state index in [0.29, 0.717) is 11.3 Å². The van der Waals surface area contributed by atoms with Gasteiger partial charge in [-0.15, -0.1) is 0 Å². The highest BCUT2D eigenvalue weighted by Crippen LogP contribution is 2.38. The lowest BCUT2D eigenvalue weighted by atomic mass is 9.87. The van der Waals surface area contributed by atoms with E-state index in [1.165, 1.54) is 23.9 Å². The van der Waals surface area contributed by atoms with Gasteiger partial charge in [-0.25, -0.2) is 5.43 Å². The Morgan fingerprint density at radius 3 is 2.66 bits per heavy atom. The average molecular weight is 456 g/mol. The number of likely N-dealkylation sites (N-methyl/N-ethyl adjacent to an activating group) is 1. The number of fused-ring (bicyclic) bond motifs is 1. The molecule has 0 unspecified atom stereocenters. The number of hydrazone groups is 1. The summed E-state index contributed by atoms with van der Waals surface area (Å²) in [5.41, 5.74) is 8.66. The molecular weight excluding hydrogens is 430 g/mol. The number of allylic oxidation sites excluding steroid dienone is 1. The summed E-state index contributed by atoms with van der Waals surface area (Å²) < 4.78 is 6.06. The topological polar surface area (TPSA) is 53.9 Å². The number of hydrogen-bond acceptors (Lipinski definition) is 4. The summed E-state index contributed by atoms with van der Waals surface area (Å²) in [6.07, 6.45) is 3.96. The van der Waals surface area contributed by atoms with Crippen LogP contribution in [0.15, 0.2) is 46.0 Å². The largest absolute Gasteiger partial charge is 0.496 e. The summed E-state index contributed by atoms with van der Waals surface area (Å²) >= 11 is 3.38. The van der Waals surface area contributed by atoms with Gasteiger partial charge in [-0.2, -0.15) is 5.10 Å². The lowest BCUT2D eigenvalue weighted by molar-refractivity contribution is 0.0952. The second-order valence-corrected chi connectivity index (χ2v) is 8.73. The molecule has 2 aromatic carbocycles. The van der Waals surface area contributed by atoms with Crippen LogP contribution in [0.5, 0.6) is 5.75 Å². The van der Waals surface area contributed by atoms with E-state index < -0.39 is 0 Å². The first-order chi connectivity index (χ1) is 13.6. The summed E-state index contributed by atoms with van der Waals surface area (Å²) in [6, 6.07) is 9.57. The highest BCUT2D eigenvalue weighted by Gasteiger charge is 2.28. The normalized spacial score (nSPS) is 15.1. The van der Waals surface area contributed by atoms with Crippen LogP contribution < -0.4 is 15.1 Å². The van der Waals surface area contributed by atoms with E-state index in [1.807, 2.05) is 6.07 Å². The number of halogens is 1. The van der Waals surface area contributed by atoms with Crippen LogP contribution in [-0.2, 0) is 0 Å². The van der Waals surface area contributed by atoms with E-state index >= 15 is 0 Å². The third kappa shape index (κ3) is 4.22. The molecule has 0 bridgehead atoms. The highest BCUT2D eigenvalue weighted by atomic mass is 79.9. The number of anilines is 1. The molecule has 0 spiro atoms. The number of carbonyl (C=O) groups excluding carboxylic acids is 1. The Morgan fingerprint density at radius 2 is 1.97 bits per heavy atom. The molecule has 6 heteroatoms. The Hall–Kier alpha value is -2.60. The van der Waals surface area contributed by atoms with Crippen molar-refractivity contribution in [3.8, 4) is 5.75 Å². The molecule has 0 fully saturated rings. The van der Waals surface area contributed by atoms with Gasteiger partial charge in [-0.1, -0.05) is 22.0 Å². The molecule has 2 aromatic rings. The number of carbonyl (C=O) groups is 1. The standard InChI is InChI=1S/C23H26BrN3O2/c1-14-9-20-18(15(2)12-23(3,4)27(20)5)10-16(14)13-25-26-22(28)19-11-17(24)7-8-21(19)29-6/h7-13H,1-6H3,(H,26,28)/b25-13+. The lowest BCUT2D eigenvalue weighted by Crippen LogP contribution is -2.42. The predicted molar refractivity (Wildman–Crippen MR) is 123 cm³/mol. The molecule has 1 aliphatic heterocycles. The van der Waals surface area contributed by atoms with Gasteiger partial charge >= 0.3 is 0 Å². The SMILES string of the molecule is COc1ccc(Br)cc1C(=O)N/N=C/c1cc2c(cc1C)N(C)C(C)(C)C=C2C. The van der Waals surface area contributed by atoms with Gasteiger partial charge in [0, 0.05) is 22.8 Å². The molecule has 1 heterocycles. The van der Waals surface area contributed by atoms with Crippen molar-refractivity contribution in [3.05, 3.63) is 63.1 Å². The molecule has 0 aromatic heterocycles. The summed E-state index contributed by atoms with van der Waals surface area (Å²) in [4.78, 5) is 14.8. The second kappa shape index (κ2) is 8.03. The maximum atomic E-state index is 12.5. The number of benzene rings is 2. The Kier molecular flexibility index (Phi) is 5.85. The molecule has 0 aliphatic carbocycles. The molecule has 29 heavy (non-hydrogen) atoms. The molecule has 3 rings (SSSR count). The Labute approximate surface area is 180 Å². The van der Waals surface area contributed by atoms with Gasteiger partial charge < -0.3 is 9.64 Å². The average Bonchev–Trinajstić information content (AvgIpc) is 2.66. The van der Waals surface area contributed by atoms with Crippen LogP contribution >= 0.6 is 15.9 Å². The van der Waals surface area contributed by atoms with Crippen LogP contribution in [0, 0.1) is 6.92 Å². The van der Waals surface area contributed by atoms with E-state index in [9.17, 15) is 4.79 Å². The molecule has 0 atom stereocenters. The van der Waals surface area contributed by atoms with E-state index in [4.69, 9.17) is 4.74 Å². The predicted octanol–water partition coefficient (Wildman–Crippen LogP) is 5.16. The van der Waals surface area contributed by atoms with Crippen LogP contribution in [0.3, 0.4) is 0 Å². The third-order valence-corrected chi connectivity index (χ3v) is 5.87. The van der Waals surface area contributed by atoms with E-state index in [-0.39, 0.29) is 11.4 Å². The summed E-state index contributed by atoms with van der Waals surface area (Å²) in [7, 11) is 3.65. The summed E-state index contributed by atoms with van der Waals surface area (Å²) in [6.45, 7) is 8.59. The quantitative estimate of drug-likeness (QED) is 0.511. The number of nitrogens with zero attached hydrogens (tertiary/aromatic N) is 2. The molecular formula is C23H26BrN3O2. The van der Waals surface area contributed by atoms with E-state index in [0.717, 1.165) is 15.6 Å². The zero-order chi connectivity index (χ0) is 21.3. The molecule has 1 aliphatic rings. The number of hydrogen-bond donors (Lipinski definition) is 1. The zero-order valence-corrected chi connectivity index (χ0v) is 19.2. The van der Waals surface area contributed by atoms with Gasteiger partial charge in [-0.05, 0) is 74.7 Å².